The van der Waals surface area contributed by atoms with Gasteiger partial charge in [-0.15, -0.1) is 0 Å². The molecule has 6 nitrogen and oxygen atoms in total. The number of benzene rings is 2. The Morgan fingerprint density at radius 3 is 2.71 bits per heavy atom. The summed E-state index contributed by atoms with van der Waals surface area (Å²) in [5.41, 5.74) is 2.55. The molecule has 0 unspecified atom stereocenters. The topological polar surface area (TPSA) is 71.9 Å². The zero-order valence-corrected chi connectivity index (χ0v) is 17.2. The quantitative estimate of drug-likeness (QED) is 0.532. The second-order valence-electron chi connectivity index (χ2n) is 6.22. The molecule has 0 aliphatic rings. The first-order valence-corrected chi connectivity index (χ1v) is 9.71. The Morgan fingerprint density at radius 2 is 2.04 bits per heavy atom. The predicted octanol–water partition coefficient (Wildman–Crippen LogP) is 5.00. The lowest BCUT2D eigenvalue weighted by atomic mass is 10.2. The molecule has 0 atom stereocenters. The molecule has 0 saturated heterocycles. The van der Waals surface area contributed by atoms with Crippen molar-refractivity contribution in [2.24, 2.45) is 0 Å². The van der Waals surface area contributed by atoms with Crippen LogP contribution in [0.15, 0.2) is 42.5 Å². The minimum atomic E-state index is -0.105. The number of nitrogens with zero attached hydrogens (tertiary/aromatic N) is 2. The van der Waals surface area contributed by atoms with Crippen molar-refractivity contribution >= 4 is 35.4 Å². The number of H-pyrrole nitrogens is 1. The lowest BCUT2D eigenvalue weighted by Gasteiger charge is -2.10. The molecule has 2 N–H and O–H groups in total. The number of carbonyl (C=O) groups is 1. The highest BCUT2D eigenvalue weighted by molar-refractivity contribution is 7.71. The van der Waals surface area contributed by atoms with Crippen LogP contribution in [0, 0.1) is 11.7 Å². The van der Waals surface area contributed by atoms with Crippen molar-refractivity contribution in [1.29, 1.82) is 0 Å². The predicted molar refractivity (Wildman–Crippen MR) is 113 cm³/mol. The van der Waals surface area contributed by atoms with Gasteiger partial charge in [0.1, 0.15) is 5.75 Å². The molecule has 1 aromatic heterocycles. The molecule has 0 aliphatic carbocycles. The van der Waals surface area contributed by atoms with E-state index in [1.54, 1.807) is 12.1 Å². The van der Waals surface area contributed by atoms with E-state index in [9.17, 15) is 4.79 Å². The molecule has 3 aromatic rings. The van der Waals surface area contributed by atoms with Gasteiger partial charge in [-0.2, -0.15) is 5.10 Å². The maximum absolute atomic E-state index is 12.4. The van der Waals surface area contributed by atoms with Crippen molar-refractivity contribution in [3.05, 3.63) is 57.8 Å². The molecular weight excluding hydrogens is 396 g/mol. The van der Waals surface area contributed by atoms with Gasteiger partial charge in [0.25, 0.3) is 0 Å². The molecular formula is C20H21ClN4O2S. The number of hydrogen-bond acceptors (Lipinski definition) is 4. The Kier molecular flexibility index (Phi) is 6.49. The highest BCUT2D eigenvalue weighted by atomic mass is 35.5. The van der Waals surface area contributed by atoms with Gasteiger partial charge in [0.05, 0.1) is 6.61 Å². The summed E-state index contributed by atoms with van der Waals surface area (Å²) in [7, 11) is 0. The van der Waals surface area contributed by atoms with Crippen molar-refractivity contribution in [1.82, 2.24) is 14.8 Å². The molecule has 0 radical (unpaired) electrons. The van der Waals surface area contributed by atoms with Crippen molar-refractivity contribution in [3.63, 3.8) is 0 Å². The summed E-state index contributed by atoms with van der Waals surface area (Å²) < 4.78 is 7.76. The van der Waals surface area contributed by atoms with E-state index < -0.39 is 0 Å². The molecule has 146 valence electrons. The summed E-state index contributed by atoms with van der Waals surface area (Å²) in [5.74, 6) is 1.37. The maximum Gasteiger partial charge on any atom is 0.226 e. The lowest BCUT2D eigenvalue weighted by molar-refractivity contribution is -0.116. The van der Waals surface area contributed by atoms with E-state index in [-0.39, 0.29) is 12.3 Å². The third-order valence-corrected chi connectivity index (χ3v) is 4.75. The first-order chi connectivity index (χ1) is 13.5. The number of rotatable bonds is 7. The molecule has 2 aromatic carbocycles. The van der Waals surface area contributed by atoms with Gasteiger partial charge in [0.2, 0.25) is 5.91 Å². The van der Waals surface area contributed by atoms with E-state index in [4.69, 9.17) is 28.6 Å². The fourth-order valence-electron chi connectivity index (χ4n) is 2.81. The Labute approximate surface area is 173 Å². The largest absolute Gasteiger partial charge is 0.494 e. The van der Waals surface area contributed by atoms with Crippen molar-refractivity contribution in [3.8, 4) is 17.1 Å². The van der Waals surface area contributed by atoms with E-state index in [0.29, 0.717) is 28.8 Å². The number of anilines is 1. The van der Waals surface area contributed by atoms with Gasteiger partial charge in [0, 0.05) is 29.2 Å². The second-order valence-corrected chi connectivity index (χ2v) is 7.04. The summed E-state index contributed by atoms with van der Waals surface area (Å²) in [6.07, 6.45) is 0.264. The summed E-state index contributed by atoms with van der Waals surface area (Å²) in [6.45, 7) is 4.87. The minimum absolute atomic E-state index is 0.105. The monoisotopic (exact) mass is 416 g/mol. The SMILES string of the molecule is CCOc1ccc(-c2n[nH]c(=S)n2CCC(=O)Nc2ccc(Cl)cc2C)cc1. The molecule has 0 saturated carbocycles. The van der Waals surface area contributed by atoms with Crippen LogP contribution in [0.25, 0.3) is 11.4 Å². The molecule has 28 heavy (non-hydrogen) atoms. The normalized spacial score (nSPS) is 10.7. The maximum atomic E-state index is 12.4. The van der Waals surface area contributed by atoms with Crippen LogP contribution in [0.4, 0.5) is 5.69 Å². The van der Waals surface area contributed by atoms with Crippen LogP contribution in [0.2, 0.25) is 5.02 Å². The van der Waals surface area contributed by atoms with Crippen molar-refractivity contribution < 1.29 is 9.53 Å². The summed E-state index contributed by atoms with van der Waals surface area (Å²) in [4.78, 5) is 12.4. The van der Waals surface area contributed by atoms with E-state index in [1.165, 1.54) is 0 Å². The van der Waals surface area contributed by atoms with E-state index in [1.807, 2.05) is 48.7 Å². The lowest BCUT2D eigenvalue weighted by Crippen LogP contribution is -2.15. The first-order valence-electron chi connectivity index (χ1n) is 8.92. The number of aromatic amines is 1. The van der Waals surface area contributed by atoms with Crippen molar-refractivity contribution in [2.75, 3.05) is 11.9 Å². The van der Waals surface area contributed by atoms with Gasteiger partial charge in [-0.1, -0.05) is 11.6 Å². The summed E-state index contributed by atoms with van der Waals surface area (Å²) in [5, 5.41) is 10.7. The van der Waals surface area contributed by atoms with E-state index in [0.717, 1.165) is 22.6 Å². The zero-order valence-electron chi connectivity index (χ0n) is 15.7. The molecule has 3 rings (SSSR count). The number of ether oxygens (including phenoxy) is 1. The second kappa shape index (κ2) is 9.03. The molecule has 0 bridgehead atoms. The smallest absolute Gasteiger partial charge is 0.226 e. The van der Waals surface area contributed by atoms with E-state index in [2.05, 4.69) is 15.5 Å². The number of aryl methyl sites for hydroxylation is 1. The number of nitrogens with one attached hydrogen (secondary N) is 2. The molecule has 1 amide bonds. The highest BCUT2D eigenvalue weighted by Gasteiger charge is 2.12. The number of carbonyl (C=O) groups excluding carboxylic acids is 1. The summed E-state index contributed by atoms with van der Waals surface area (Å²) in [6, 6.07) is 13.0. The van der Waals surface area contributed by atoms with Crippen LogP contribution in [0.5, 0.6) is 5.75 Å². The van der Waals surface area contributed by atoms with Crippen LogP contribution in [0.1, 0.15) is 18.9 Å². The van der Waals surface area contributed by atoms with Gasteiger partial charge in [-0.05, 0) is 74.1 Å². The van der Waals surface area contributed by atoms with Gasteiger partial charge >= 0.3 is 0 Å². The number of halogens is 1. The fourth-order valence-corrected chi connectivity index (χ4v) is 3.26. The van der Waals surface area contributed by atoms with Gasteiger partial charge in [0.15, 0.2) is 10.6 Å². The Balaban J connectivity index is 1.70. The highest BCUT2D eigenvalue weighted by Crippen LogP contribution is 2.22. The first kappa shape index (κ1) is 20.1. The summed E-state index contributed by atoms with van der Waals surface area (Å²) >= 11 is 11.3. The van der Waals surface area contributed by atoms with Gasteiger partial charge in [-0.3, -0.25) is 14.5 Å². The van der Waals surface area contributed by atoms with Crippen molar-refractivity contribution in [2.45, 2.75) is 26.8 Å². The zero-order chi connectivity index (χ0) is 20.1. The van der Waals surface area contributed by atoms with Crippen LogP contribution in [-0.2, 0) is 11.3 Å². The number of aromatic nitrogens is 3. The number of hydrogen-bond donors (Lipinski definition) is 2. The third-order valence-electron chi connectivity index (χ3n) is 4.21. The Morgan fingerprint density at radius 1 is 1.29 bits per heavy atom. The van der Waals surface area contributed by atoms with Crippen LogP contribution < -0.4 is 10.1 Å². The van der Waals surface area contributed by atoms with E-state index >= 15 is 0 Å². The minimum Gasteiger partial charge on any atom is -0.494 e. The number of amides is 1. The molecule has 8 heteroatoms. The van der Waals surface area contributed by atoms with Gasteiger partial charge in [-0.25, -0.2) is 0 Å². The standard InChI is InChI=1S/C20H21ClN4O2S/c1-3-27-16-7-4-14(5-8-16)19-23-24-20(28)25(19)11-10-18(26)22-17-9-6-15(21)12-13(17)2/h4-9,12H,3,10-11H2,1-2H3,(H,22,26)(H,24,28). The average Bonchev–Trinajstić information content (AvgIpc) is 3.04. The van der Waals surface area contributed by atoms with Crippen LogP contribution >= 0.6 is 23.8 Å². The van der Waals surface area contributed by atoms with Gasteiger partial charge < -0.3 is 10.1 Å². The Bertz CT molecular complexity index is 1030. The Hall–Kier alpha value is -2.64. The third kappa shape index (κ3) is 4.79. The molecule has 1 heterocycles. The molecule has 0 spiro atoms. The van der Waals surface area contributed by atoms with Crippen LogP contribution in [0.3, 0.4) is 0 Å². The van der Waals surface area contributed by atoms with Crippen LogP contribution in [-0.4, -0.2) is 27.3 Å². The fraction of sp³-hybridized carbons (Fsp3) is 0.250. The average molecular weight is 417 g/mol. The molecule has 0 fully saturated rings. The molecule has 0 aliphatic heterocycles.